The van der Waals surface area contributed by atoms with Crippen LogP contribution in [0.4, 0.5) is 0 Å². The molecule has 1 heterocycles. The Kier molecular flexibility index (Phi) is 6.22. The maximum Gasteiger partial charge on any atom is 0.0565 e. The van der Waals surface area contributed by atoms with E-state index in [1.165, 1.54) is 6.42 Å². The molecule has 0 aromatic carbocycles. The number of rotatable bonds is 6. The van der Waals surface area contributed by atoms with Crippen LogP contribution >= 0.6 is 0 Å². The third-order valence-electron chi connectivity index (χ3n) is 2.91. The Hall–Kier alpha value is -0.120. The van der Waals surface area contributed by atoms with Gasteiger partial charge in [0.15, 0.2) is 0 Å². The second-order valence-corrected chi connectivity index (χ2v) is 4.58. The van der Waals surface area contributed by atoms with Crippen LogP contribution in [0.2, 0.25) is 0 Å². The fourth-order valence-corrected chi connectivity index (χ4v) is 2.25. The Labute approximate surface area is 93.5 Å². The number of unbranched alkanes of at least 4 members (excludes halogenated alkanes) is 1. The highest BCUT2D eigenvalue weighted by Gasteiger charge is 2.23. The van der Waals surface area contributed by atoms with E-state index in [0.717, 1.165) is 32.4 Å². The molecule has 0 bridgehead atoms. The van der Waals surface area contributed by atoms with Gasteiger partial charge in [0.1, 0.15) is 0 Å². The molecule has 0 saturated carbocycles. The van der Waals surface area contributed by atoms with E-state index >= 15 is 0 Å². The van der Waals surface area contributed by atoms with Crippen molar-refractivity contribution < 1.29 is 9.47 Å². The quantitative estimate of drug-likeness (QED) is 0.687. The minimum Gasteiger partial charge on any atom is -0.385 e. The minimum atomic E-state index is 0.408. The van der Waals surface area contributed by atoms with Crippen LogP contribution in [0, 0.1) is 0 Å². The van der Waals surface area contributed by atoms with Gasteiger partial charge < -0.3 is 14.8 Å². The van der Waals surface area contributed by atoms with Gasteiger partial charge in [-0.1, -0.05) is 0 Å². The van der Waals surface area contributed by atoms with E-state index in [2.05, 4.69) is 19.2 Å². The lowest BCUT2D eigenvalue weighted by molar-refractivity contribution is -0.0420. The maximum atomic E-state index is 5.70. The van der Waals surface area contributed by atoms with E-state index in [0.29, 0.717) is 18.2 Å². The van der Waals surface area contributed by atoms with Crippen LogP contribution in [-0.2, 0) is 9.47 Å². The molecule has 0 unspecified atom stereocenters. The first-order chi connectivity index (χ1) is 7.22. The zero-order valence-electron chi connectivity index (χ0n) is 10.3. The minimum absolute atomic E-state index is 0.408. The summed E-state index contributed by atoms with van der Waals surface area (Å²) < 4.78 is 10.7. The molecule has 2 atom stereocenters. The molecule has 1 saturated heterocycles. The SMILES string of the molecule is COCCCCNC1C[C@@H](C)O[C@H](C)C1. The summed E-state index contributed by atoms with van der Waals surface area (Å²) in [6.45, 7) is 6.31. The Morgan fingerprint density at radius 2 is 1.87 bits per heavy atom. The number of hydrogen-bond donors (Lipinski definition) is 1. The molecule has 0 spiro atoms. The van der Waals surface area contributed by atoms with Crippen LogP contribution in [0.5, 0.6) is 0 Å². The van der Waals surface area contributed by atoms with Crippen molar-refractivity contribution in [2.45, 2.75) is 57.8 Å². The number of hydrogen-bond acceptors (Lipinski definition) is 3. The zero-order valence-corrected chi connectivity index (χ0v) is 10.3. The number of methoxy groups -OCH3 is 1. The summed E-state index contributed by atoms with van der Waals surface area (Å²) in [6.07, 6.45) is 5.46. The fraction of sp³-hybridized carbons (Fsp3) is 1.00. The van der Waals surface area contributed by atoms with Crippen molar-refractivity contribution in [2.75, 3.05) is 20.3 Å². The number of nitrogens with one attached hydrogen (secondary N) is 1. The van der Waals surface area contributed by atoms with Crippen molar-refractivity contribution in [1.29, 1.82) is 0 Å². The van der Waals surface area contributed by atoms with Crippen molar-refractivity contribution in [1.82, 2.24) is 5.32 Å². The topological polar surface area (TPSA) is 30.5 Å². The monoisotopic (exact) mass is 215 g/mol. The van der Waals surface area contributed by atoms with Gasteiger partial charge >= 0.3 is 0 Å². The van der Waals surface area contributed by atoms with Crippen molar-refractivity contribution in [3.8, 4) is 0 Å². The highest BCUT2D eigenvalue weighted by molar-refractivity contribution is 4.78. The van der Waals surface area contributed by atoms with Gasteiger partial charge in [-0.15, -0.1) is 0 Å². The van der Waals surface area contributed by atoms with Gasteiger partial charge in [0.05, 0.1) is 12.2 Å². The molecule has 15 heavy (non-hydrogen) atoms. The van der Waals surface area contributed by atoms with E-state index in [4.69, 9.17) is 9.47 Å². The van der Waals surface area contributed by atoms with E-state index in [1.54, 1.807) is 7.11 Å². The Morgan fingerprint density at radius 3 is 2.47 bits per heavy atom. The van der Waals surface area contributed by atoms with Crippen molar-refractivity contribution >= 4 is 0 Å². The first-order valence-electron chi connectivity index (χ1n) is 6.10. The second kappa shape index (κ2) is 7.20. The van der Waals surface area contributed by atoms with Gasteiger partial charge in [0.25, 0.3) is 0 Å². The van der Waals surface area contributed by atoms with E-state index in [-0.39, 0.29) is 0 Å². The summed E-state index contributed by atoms with van der Waals surface area (Å²) in [5.41, 5.74) is 0. The molecule has 0 aromatic rings. The van der Waals surface area contributed by atoms with Gasteiger partial charge in [-0.25, -0.2) is 0 Å². The molecule has 3 nitrogen and oxygen atoms in total. The Balaban J connectivity index is 2.04. The molecule has 1 N–H and O–H groups in total. The zero-order chi connectivity index (χ0) is 11.1. The van der Waals surface area contributed by atoms with Crippen LogP contribution in [0.15, 0.2) is 0 Å². The molecule has 0 aliphatic carbocycles. The predicted octanol–water partition coefficient (Wildman–Crippen LogP) is 1.96. The molecule has 90 valence electrons. The summed E-state index contributed by atoms with van der Waals surface area (Å²) >= 11 is 0. The molecule has 3 heteroatoms. The fourth-order valence-electron chi connectivity index (χ4n) is 2.25. The maximum absolute atomic E-state index is 5.70. The van der Waals surface area contributed by atoms with Gasteiger partial charge in [0.2, 0.25) is 0 Å². The average molecular weight is 215 g/mol. The van der Waals surface area contributed by atoms with Crippen molar-refractivity contribution in [2.24, 2.45) is 0 Å². The third-order valence-corrected chi connectivity index (χ3v) is 2.91. The number of ether oxygens (including phenoxy) is 2. The van der Waals surface area contributed by atoms with Gasteiger partial charge in [-0.05, 0) is 46.1 Å². The molecule has 0 radical (unpaired) electrons. The Morgan fingerprint density at radius 1 is 1.20 bits per heavy atom. The Bertz CT molecular complexity index is 154. The van der Waals surface area contributed by atoms with Crippen LogP contribution in [-0.4, -0.2) is 38.5 Å². The summed E-state index contributed by atoms with van der Waals surface area (Å²) in [4.78, 5) is 0. The predicted molar refractivity (Wildman–Crippen MR) is 62.1 cm³/mol. The van der Waals surface area contributed by atoms with E-state index in [9.17, 15) is 0 Å². The second-order valence-electron chi connectivity index (χ2n) is 4.58. The van der Waals surface area contributed by atoms with Gasteiger partial charge in [-0.3, -0.25) is 0 Å². The van der Waals surface area contributed by atoms with Gasteiger partial charge in [0, 0.05) is 19.8 Å². The average Bonchev–Trinajstić information content (AvgIpc) is 2.16. The van der Waals surface area contributed by atoms with Crippen LogP contribution in [0.3, 0.4) is 0 Å². The summed E-state index contributed by atoms with van der Waals surface area (Å²) in [6, 6.07) is 0.645. The molecule has 1 rings (SSSR count). The van der Waals surface area contributed by atoms with Crippen molar-refractivity contribution in [3.63, 3.8) is 0 Å². The highest BCUT2D eigenvalue weighted by atomic mass is 16.5. The smallest absolute Gasteiger partial charge is 0.0565 e. The summed E-state index contributed by atoms with van der Waals surface area (Å²) in [5.74, 6) is 0. The first kappa shape index (κ1) is 12.9. The normalized spacial score (nSPS) is 31.8. The standard InChI is InChI=1S/C12H25NO2/c1-10-8-12(9-11(2)15-10)13-6-4-5-7-14-3/h10-13H,4-9H2,1-3H3/t10-,11-/m1/s1. The van der Waals surface area contributed by atoms with Crippen molar-refractivity contribution in [3.05, 3.63) is 0 Å². The first-order valence-corrected chi connectivity index (χ1v) is 6.10. The molecular weight excluding hydrogens is 190 g/mol. The van der Waals surface area contributed by atoms with Crippen LogP contribution in [0.1, 0.15) is 39.5 Å². The summed E-state index contributed by atoms with van der Waals surface area (Å²) in [7, 11) is 1.76. The molecule has 1 fully saturated rings. The highest BCUT2D eigenvalue weighted by Crippen LogP contribution is 2.18. The van der Waals surface area contributed by atoms with Crippen LogP contribution < -0.4 is 5.32 Å². The lowest BCUT2D eigenvalue weighted by Crippen LogP contribution is -2.41. The van der Waals surface area contributed by atoms with E-state index < -0.39 is 0 Å². The lowest BCUT2D eigenvalue weighted by atomic mass is 10.00. The largest absolute Gasteiger partial charge is 0.385 e. The third kappa shape index (κ3) is 5.50. The van der Waals surface area contributed by atoms with Gasteiger partial charge in [-0.2, -0.15) is 0 Å². The molecule has 0 aromatic heterocycles. The summed E-state index contributed by atoms with van der Waals surface area (Å²) in [5, 5.41) is 3.61. The molecule has 0 amide bonds. The lowest BCUT2D eigenvalue weighted by Gasteiger charge is -2.32. The van der Waals surface area contributed by atoms with Crippen LogP contribution in [0.25, 0.3) is 0 Å². The molecule has 1 aliphatic heterocycles. The van der Waals surface area contributed by atoms with E-state index in [1.807, 2.05) is 0 Å². The molecule has 1 aliphatic rings. The molecular formula is C12H25NO2.